The topological polar surface area (TPSA) is 43.8 Å². The Morgan fingerprint density at radius 2 is 2.11 bits per heavy atom. The highest BCUT2D eigenvalue weighted by atomic mass is 35.5. The van der Waals surface area contributed by atoms with Gasteiger partial charge in [0, 0.05) is 24.7 Å². The number of hydrogen-bond donors (Lipinski definition) is 1. The molecule has 3 nitrogen and oxygen atoms in total. The van der Waals surface area contributed by atoms with Crippen LogP contribution >= 0.6 is 23.2 Å². The maximum atomic E-state index is 6.25. The molecule has 1 unspecified atom stereocenters. The molecule has 2 N–H and O–H groups in total. The Morgan fingerprint density at radius 3 is 2.79 bits per heavy atom. The summed E-state index contributed by atoms with van der Waals surface area (Å²) in [6.07, 6.45) is 0.689. The van der Waals surface area contributed by atoms with E-state index in [1.54, 1.807) is 6.07 Å². The Hall–Kier alpha value is -1.03. The molecule has 0 bridgehead atoms. The van der Waals surface area contributed by atoms with Crippen LogP contribution in [-0.4, -0.2) is 9.78 Å². The Morgan fingerprint density at radius 1 is 1.37 bits per heavy atom. The molecular formula is C14H17Cl2N3. The van der Waals surface area contributed by atoms with Gasteiger partial charge in [0.25, 0.3) is 0 Å². The Balaban J connectivity index is 2.25. The van der Waals surface area contributed by atoms with Gasteiger partial charge in [0.05, 0.1) is 15.7 Å². The molecule has 0 saturated heterocycles. The number of aryl methyl sites for hydroxylation is 2. The van der Waals surface area contributed by atoms with E-state index in [-0.39, 0.29) is 6.04 Å². The summed E-state index contributed by atoms with van der Waals surface area (Å²) in [4.78, 5) is 0. The second-order valence-electron chi connectivity index (χ2n) is 4.55. The van der Waals surface area contributed by atoms with Crippen LogP contribution in [0.4, 0.5) is 0 Å². The van der Waals surface area contributed by atoms with Gasteiger partial charge in [-0.25, -0.2) is 0 Å². The van der Waals surface area contributed by atoms with E-state index in [0.29, 0.717) is 16.5 Å². The zero-order valence-corrected chi connectivity index (χ0v) is 12.5. The van der Waals surface area contributed by atoms with Crippen LogP contribution in [0.25, 0.3) is 0 Å². The van der Waals surface area contributed by atoms with Crippen molar-refractivity contribution in [3.63, 3.8) is 0 Å². The third kappa shape index (κ3) is 3.11. The first-order chi connectivity index (χ1) is 9.02. The molecule has 1 heterocycles. The highest BCUT2D eigenvalue weighted by Gasteiger charge is 2.15. The summed E-state index contributed by atoms with van der Waals surface area (Å²) >= 11 is 12.2. The van der Waals surface area contributed by atoms with Crippen molar-refractivity contribution >= 4 is 23.2 Å². The summed E-state index contributed by atoms with van der Waals surface area (Å²) in [5, 5.41) is 5.49. The van der Waals surface area contributed by atoms with Crippen LogP contribution in [0.5, 0.6) is 0 Å². The van der Waals surface area contributed by atoms with Gasteiger partial charge >= 0.3 is 0 Å². The van der Waals surface area contributed by atoms with E-state index in [4.69, 9.17) is 28.9 Å². The van der Waals surface area contributed by atoms with Crippen molar-refractivity contribution in [3.05, 3.63) is 51.3 Å². The zero-order valence-electron chi connectivity index (χ0n) is 11.0. The Labute approximate surface area is 123 Å². The van der Waals surface area contributed by atoms with Gasteiger partial charge in [-0.2, -0.15) is 5.10 Å². The monoisotopic (exact) mass is 297 g/mol. The van der Waals surface area contributed by atoms with Crippen LogP contribution in [0.3, 0.4) is 0 Å². The summed E-state index contributed by atoms with van der Waals surface area (Å²) in [6, 6.07) is 7.42. The molecule has 19 heavy (non-hydrogen) atoms. The highest BCUT2D eigenvalue weighted by molar-refractivity contribution is 6.42. The smallest absolute Gasteiger partial charge is 0.0640 e. The molecule has 1 aromatic heterocycles. The minimum Gasteiger partial charge on any atom is -0.324 e. The van der Waals surface area contributed by atoms with Crippen molar-refractivity contribution in [1.29, 1.82) is 0 Å². The van der Waals surface area contributed by atoms with Crippen molar-refractivity contribution in [2.75, 3.05) is 0 Å². The maximum absolute atomic E-state index is 6.25. The van der Waals surface area contributed by atoms with Crippen molar-refractivity contribution in [2.24, 2.45) is 5.73 Å². The van der Waals surface area contributed by atoms with Gasteiger partial charge in [0.1, 0.15) is 0 Å². The molecule has 0 aliphatic heterocycles. The molecule has 0 aliphatic carbocycles. The first kappa shape index (κ1) is 14.4. The minimum absolute atomic E-state index is 0.187. The number of rotatable bonds is 4. The molecular weight excluding hydrogens is 281 g/mol. The largest absolute Gasteiger partial charge is 0.324 e. The van der Waals surface area contributed by atoms with Crippen LogP contribution in [0.2, 0.25) is 10.0 Å². The van der Waals surface area contributed by atoms with Gasteiger partial charge in [0.15, 0.2) is 0 Å². The standard InChI is InChI=1S/C14H17Cl2N3/c1-3-19-10(7-9(2)18-19)8-13(17)11-5-4-6-12(15)14(11)16/h4-7,13H,3,8,17H2,1-2H3. The zero-order chi connectivity index (χ0) is 14.0. The lowest BCUT2D eigenvalue weighted by Gasteiger charge is -2.15. The third-order valence-corrected chi connectivity index (χ3v) is 3.93. The Kier molecular flexibility index (Phi) is 4.50. The quantitative estimate of drug-likeness (QED) is 0.934. The van der Waals surface area contributed by atoms with E-state index in [9.17, 15) is 0 Å². The van der Waals surface area contributed by atoms with Gasteiger partial charge in [-0.05, 0) is 31.5 Å². The average molecular weight is 298 g/mol. The molecule has 5 heteroatoms. The van der Waals surface area contributed by atoms with Crippen LogP contribution in [-0.2, 0) is 13.0 Å². The van der Waals surface area contributed by atoms with E-state index in [2.05, 4.69) is 18.1 Å². The van der Waals surface area contributed by atoms with Crippen LogP contribution < -0.4 is 5.73 Å². The molecule has 0 aliphatic rings. The molecule has 2 rings (SSSR count). The van der Waals surface area contributed by atoms with Crippen molar-refractivity contribution < 1.29 is 0 Å². The van der Waals surface area contributed by atoms with E-state index < -0.39 is 0 Å². The van der Waals surface area contributed by atoms with Crippen LogP contribution in [0.1, 0.15) is 29.9 Å². The second-order valence-corrected chi connectivity index (χ2v) is 5.33. The normalized spacial score (nSPS) is 12.7. The fourth-order valence-electron chi connectivity index (χ4n) is 2.18. The van der Waals surface area contributed by atoms with Gasteiger partial charge in [-0.1, -0.05) is 35.3 Å². The van der Waals surface area contributed by atoms with E-state index in [1.165, 1.54) is 0 Å². The SMILES string of the molecule is CCn1nc(C)cc1CC(N)c1cccc(Cl)c1Cl. The van der Waals surface area contributed by atoms with E-state index in [0.717, 1.165) is 23.5 Å². The van der Waals surface area contributed by atoms with Gasteiger partial charge < -0.3 is 5.73 Å². The number of nitrogens with zero attached hydrogens (tertiary/aromatic N) is 2. The first-order valence-electron chi connectivity index (χ1n) is 6.25. The molecule has 0 amide bonds. The minimum atomic E-state index is -0.187. The highest BCUT2D eigenvalue weighted by Crippen LogP contribution is 2.30. The molecule has 0 fully saturated rings. The summed E-state index contributed by atoms with van der Waals surface area (Å²) in [7, 11) is 0. The van der Waals surface area contributed by atoms with E-state index in [1.807, 2.05) is 23.7 Å². The summed E-state index contributed by atoms with van der Waals surface area (Å²) in [5.41, 5.74) is 9.23. The van der Waals surface area contributed by atoms with Crippen LogP contribution in [0.15, 0.2) is 24.3 Å². The van der Waals surface area contributed by atoms with Crippen molar-refractivity contribution in [3.8, 4) is 0 Å². The fraction of sp³-hybridized carbons (Fsp3) is 0.357. The Bertz CT molecular complexity index is 578. The second kappa shape index (κ2) is 5.95. The average Bonchev–Trinajstić information content (AvgIpc) is 2.72. The van der Waals surface area contributed by atoms with Gasteiger partial charge in [0.2, 0.25) is 0 Å². The number of aromatic nitrogens is 2. The lowest BCUT2D eigenvalue weighted by atomic mass is 10.0. The molecule has 0 saturated carbocycles. The fourth-order valence-corrected chi connectivity index (χ4v) is 2.63. The van der Waals surface area contributed by atoms with Crippen molar-refractivity contribution in [2.45, 2.75) is 32.9 Å². The third-order valence-electron chi connectivity index (χ3n) is 3.10. The molecule has 2 aromatic rings. The van der Waals surface area contributed by atoms with Gasteiger partial charge in [-0.3, -0.25) is 4.68 Å². The van der Waals surface area contributed by atoms with Crippen molar-refractivity contribution in [1.82, 2.24) is 9.78 Å². The summed E-state index contributed by atoms with van der Waals surface area (Å²) in [6.45, 7) is 4.88. The first-order valence-corrected chi connectivity index (χ1v) is 7.01. The predicted octanol–water partition coefficient (Wildman–Crippen LogP) is 3.76. The van der Waals surface area contributed by atoms with Gasteiger partial charge in [-0.15, -0.1) is 0 Å². The lowest BCUT2D eigenvalue weighted by Crippen LogP contribution is -2.16. The number of nitrogens with two attached hydrogens (primary N) is 1. The predicted molar refractivity (Wildman–Crippen MR) is 79.7 cm³/mol. The van der Waals surface area contributed by atoms with Crippen LogP contribution in [0, 0.1) is 6.92 Å². The summed E-state index contributed by atoms with van der Waals surface area (Å²) < 4.78 is 1.97. The molecule has 1 atom stereocenters. The summed E-state index contributed by atoms with van der Waals surface area (Å²) in [5.74, 6) is 0. The molecule has 0 spiro atoms. The molecule has 102 valence electrons. The molecule has 0 radical (unpaired) electrons. The maximum Gasteiger partial charge on any atom is 0.0640 e. The number of hydrogen-bond acceptors (Lipinski definition) is 2. The lowest BCUT2D eigenvalue weighted by molar-refractivity contribution is 0.587. The van der Waals surface area contributed by atoms with E-state index >= 15 is 0 Å². The number of halogens is 2. The number of benzene rings is 1. The molecule has 1 aromatic carbocycles.